The second kappa shape index (κ2) is 11.2. The van der Waals surface area contributed by atoms with E-state index in [2.05, 4.69) is 11.1 Å². The number of carbonyl (C=O) groups excluding carboxylic acids is 1. The number of thioether (sulfide) groups is 1. The van der Waals surface area contributed by atoms with Crippen molar-refractivity contribution in [3.63, 3.8) is 0 Å². The van der Waals surface area contributed by atoms with Gasteiger partial charge >= 0.3 is 0 Å². The minimum absolute atomic E-state index is 0.0376. The molecule has 0 aliphatic carbocycles. The van der Waals surface area contributed by atoms with Crippen LogP contribution in [0.2, 0.25) is 5.02 Å². The van der Waals surface area contributed by atoms with Gasteiger partial charge in [-0.2, -0.15) is 5.26 Å². The summed E-state index contributed by atoms with van der Waals surface area (Å²) in [5.41, 5.74) is 9.64. The van der Waals surface area contributed by atoms with E-state index in [1.54, 1.807) is 16.2 Å². The molecule has 180 valence electrons. The van der Waals surface area contributed by atoms with Gasteiger partial charge in [-0.25, -0.2) is 9.97 Å². The molecule has 1 saturated heterocycles. The van der Waals surface area contributed by atoms with E-state index < -0.39 is 6.61 Å². The molecule has 0 unspecified atom stereocenters. The van der Waals surface area contributed by atoms with Gasteiger partial charge in [0.1, 0.15) is 28.5 Å². The third-order valence-electron chi connectivity index (χ3n) is 5.92. The number of halogens is 1. The number of rotatable bonds is 7. The summed E-state index contributed by atoms with van der Waals surface area (Å²) in [7, 11) is 0. The number of likely N-dealkylation sites (tertiary alicyclic amines) is 1. The number of hydrogen-bond donors (Lipinski definition) is 3. The summed E-state index contributed by atoms with van der Waals surface area (Å²) in [6.45, 7) is 0.436. The van der Waals surface area contributed by atoms with Crippen molar-refractivity contribution in [1.82, 2.24) is 14.9 Å². The largest absolute Gasteiger partial charge is 0.387 e. The van der Waals surface area contributed by atoms with Crippen molar-refractivity contribution in [3.05, 3.63) is 57.1 Å². The number of nitrogen functional groups attached to an aromatic ring is 1. The number of anilines is 1. The van der Waals surface area contributed by atoms with E-state index in [1.165, 1.54) is 18.0 Å². The van der Waals surface area contributed by atoms with Crippen molar-refractivity contribution in [2.75, 3.05) is 25.4 Å². The zero-order chi connectivity index (χ0) is 24.9. The monoisotopic (exact) mass is 526 g/mol. The topological polar surface area (TPSA) is 140 Å². The molecule has 0 bridgehead atoms. The van der Waals surface area contributed by atoms with Crippen LogP contribution >= 0.6 is 34.7 Å². The van der Waals surface area contributed by atoms with Crippen LogP contribution in [-0.2, 0) is 10.5 Å². The Labute approximate surface area is 216 Å². The highest BCUT2D eigenvalue weighted by molar-refractivity contribution is 7.98. The molecule has 11 heteroatoms. The van der Waals surface area contributed by atoms with Crippen LogP contribution in [0.25, 0.3) is 10.6 Å². The molecule has 1 aliphatic rings. The summed E-state index contributed by atoms with van der Waals surface area (Å²) in [6.07, 6.45) is 2.47. The molecule has 3 aromatic rings. The lowest BCUT2D eigenvalue weighted by atomic mass is 9.84. The number of carbonyl (C=O) groups is 1. The lowest BCUT2D eigenvalue weighted by Crippen LogP contribution is -2.39. The average Bonchev–Trinajstić information content (AvgIpc) is 3.36. The fraction of sp³-hybridized carbons (Fsp3) is 0.292. The molecule has 0 spiro atoms. The van der Waals surface area contributed by atoms with Gasteiger partial charge in [-0.1, -0.05) is 35.5 Å². The number of benzene rings is 1. The van der Waals surface area contributed by atoms with Crippen LogP contribution in [0.15, 0.2) is 34.7 Å². The number of pyridine rings is 1. The Kier molecular flexibility index (Phi) is 8.03. The standard InChI is InChI=1S/C24H23ClN6O2S2/c25-16-3-1-15(2-4-16)23-29-17(12-34-23)13-35-24-19(10-27)21(18(9-26)22(28)30-24)14-5-7-31(8-6-14)20(33)11-32/h1-4,10,12,14,27,32H,5-8,11,13H2,(H2,28,30). The Morgan fingerprint density at radius 3 is 2.69 bits per heavy atom. The second-order valence-electron chi connectivity index (χ2n) is 8.01. The van der Waals surface area contributed by atoms with Crippen molar-refractivity contribution in [3.8, 4) is 16.6 Å². The Balaban J connectivity index is 1.57. The van der Waals surface area contributed by atoms with E-state index in [9.17, 15) is 10.1 Å². The zero-order valence-corrected chi connectivity index (χ0v) is 21.1. The SMILES string of the molecule is N#Cc1c(N)nc(SCc2csc(-c3ccc(Cl)cc3)n2)c(C=N)c1C1CCN(C(=O)CO)CC1. The molecule has 1 amide bonds. The summed E-state index contributed by atoms with van der Waals surface area (Å²) in [4.78, 5) is 22.6. The Bertz CT molecular complexity index is 1280. The molecule has 35 heavy (non-hydrogen) atoms. The molecule has 3 heterocycles. The minimum Gasteiger partial charge on any atom is -0.387 e. The van der Waals surface area contributed by atoms with Gasteiger partial charge in [-0.15, -0.1) is 11.3 Å². The number of aliphatic hydroxyl groups excluding tert-OH is 1. The van der Waals surface area contributed by atoms with E-state index in [-0.39, 0.29) is 17.6 Å². The van der Waals surface area contributed by atoms with E-state index in [0.717, 1.165) is 16.3 Å². The average molecular weight is 527 g/mol. The minimum atomic E-state index is -0.515. The van der Waals surface area contributed by atoms with E-state index in [1.807, 2.05) is 29.6 Å². The van der Waals surface area contributed by atoms with Gasteiger partial charge in [-0.05, 0) is 36.5 Å². The number of nitrogens with two attached hydrogens (primary N) is 1. The molecular formula is C24H23ClN6O2S2. The van der Waals surface area contributed by atoms with Crippen molar-refractivity contribution < 1.29 is 9.90 Å². The summed E-state index contributed by atoms with van der Waals surface area (Å²) < 4.78 is 0. The molecule has 1 aliphatic heterocycles. The summed E-state index contributed by atoms with van der Waals surface area (Å²) in [6, 6.07) is 9.69. The summed E-state index contributed by atoms with van der Waals surface area (Å²) >= 11 is 8.95. The number of amides is 1. The molecule has 0 saturated carbocycles. The third-order valence-corrected chi connectivity index (χ3v) is 8.13. The van der Waals surface area contributed by atoms with Crippen LogP contribution in [0.3, 0.4) is 0 Å². The quantitative estimate of drug-likeness (QED) is 0.308. The molecule has 0 radical (unpaired) electrons. The number of piperidine rings is 1. The van der Waals surface area contributed by atoms with E-state index >= 15 is 0 Å². The maximum Gasteiger partial charge on any atom is 0.248 e. The van der Waals surface area contributed by atoms with Crippen LogP contribution in [0.5, 0.6) is 0 Å². The van der Waals surface area contributed by atoms with E-state index in [0.29, 0.717) is 58.4 Å². The van der Waals surface area contributed by atoms with Gasteiger partial charge in [0.25, 0.3) is 0 Å². The number of thiazole rings is 1. The number of nitrogens with zero attached hydrogens (tertiary/aromatic N) is 4. The van der Waals surface area contributed by atoms with Gasteiger partial charge in [0.2, 0.25) is 5.91 Å². The Morgan fingerprint density at radius 1 is 1.34 bits per heavy atom. The first-order chi connectivity index (χ1) is 16.9. The fourth-order valence-corrected chi connectivity index (χ4v) is 6.14. The van der Waals surface area contributed by atoms with Gasteiger partial charge in [0, 0.05) is 46.6 Å². The highest BCUT2D eigenvalue weighted by atomic mass is 35.5. The van der Waals surface area contributed by atoms with Crippen LogP contribution in [0, 0.1) is 16.7 Å². The first kappa shape index (κ1) is 25.1. The Morgan fingerprint density at radius 2 is 2.06 bits per heavy atom. The lowest BCUT2D eigenvalue weighted by molar-refractivity contribution is -0.135. The maximum absolute atomic E-state index is 11.8. The van der Waals surface area contributed by atoms with Gasteiger partial charge in [-0.3, -0.25) is 4.79 Å². The van der Waals surface area contributed by atoms with Crippen LogP contribution < -0.4 is 5.73 Å². The highest BCUT2D eigenvalue weighted by Gasteiger charge is 2.29. The third kappa shape index (κ3) is 5.49. The number of hydrogen-bond acceptors (Lipinski definition) is 9. The highest BCUT2D eigenvalue weighted by Crippen LogP contribution is 2.38. The lowest BCUT2D eigenvalue weighted by Gasteiger charge is -2.33. The predicted octanol–water partition coefficient (Wildman–Crippen LogP) is 4.30. The van der Waals surface area contributed by atoms with Crippen molar-refractivity contribution in [2.24, 2.45) is 0 Å². The Hall–Kier alpha value is -2.97. The van der Waals surface area contributed by atoms with Gasteiger partial charge in [0.15, 0.2) is 0 Å². The second-order valence-corrected chi connectivity index (χ2v) is 10.3. The van der Waals surface area contributed by atoms with Gasteiger partial charge in [0.05, 0.1) is 11.3 Å². The van der Waals surface area contributed by atoms with Crippen LogP contribution in [-0.4, -0.2) is 51.8 Å². The normalized spacial score (nSPS) is 14.0. The molecule has 1 aromatic carbocycles. The maximum atomic E-state index is 11.8. The number of nitriles is 1. The van der Waals surface area contributed by atoms with Crippen LogP contribution in [0.1, 0.15) is 41.1 Å². The predicted molar refractivity (Wildman–Crippen MR) is 139 cm³/mol. The van der Waals surface area contributed by atoms with Crippen molar-refractivity contribution in [2.45, 2.75) is 29.5 Å². The number of aromatic nitrogens is 2. The molecule has 1 fully saturated rings. The first-order valence-corrected chi connectivity index (χ1v) is 13.1. The molecule has 8 nitrogen and oxygen atoms in total. The van der Waals surface area contributed by atoms with E-state index in [4.69, 9.17) is 32.8 Å². The fourth-order valence-electron chi connectivity index (χ4n) is 4.16. The zero-order valence-electron chi connectivity index (χ0n) is 18.7. The molecular weight excluding hydrogens is 504 g/mol. The number of nitrogens with one attached hydrogen (secondary N) is 1. The van der Waals surface area contributed by atoms with Crippen LogP contribution in [0.4, 0.5) is 5.82 Å². The van der Waals surface area contributed by atoms with Crippen molar-refractivity contribution in [1.29, 1.82) is 10.7 Å². The summed E-state index contributed by atoms with van der Waals surface area (Å²) in [5, 5.41) is 31.2. The molecule has 4 N–H and O–H groups in total. The smallest absolute Gasteiger partial charge is 0.248 e. The molecule has 0 atom stereocenters. The van der Waals surface area contributed by atoms with Crippen molar-refractivity contribution >= 4 is 52.6 Å². The van der Waals surface area contributed by atoms with Gasteiger partial charge < -0.3 is 21.1 Å². The summed E-state index contributed by atoms with van der Waals surface area (Å²) in [5.74, 6) is 0.337. The molecule has 2 aromatic heterocycles. The first-order valence-electron chi connectivity index (χ1n) is 10.9. The molecule has 4 rings (SSSR count). The number of aliphatic hydroxyl groups is 1.